The van der Waals surface area contributed by atoms with Crippen LogP contribution in [0.15, 0.2) is 35.3 Å². The van der Waals surface area contributed by atoms with Gasteiger partial charge < -0.3 is 38.3 Å². The fourth-order valence-corrected chi connectivity index (χ4v) is 3.19. The molecule has 1 rings (SSSR count). The summed E-state index contributed by atoms with van der Waals surface area (Å²) in [5.74, 6) is -3.28. The number of nitrogens with one attached hydrogen (secondary N) is 3. The molecule has 0 spiro atoms. The van der Waals surface area contributed by atoms with E-state index in [2.05, 4.69) is 20.9 Å². The van der Waals surface area contributed by atoms with Crippen molar-refractivity contribution < 1.29 is 24.3 Å². The number of nitrogens with zero attached hydrogens (tertiary/aromatic N) is 1. The minimum Gasteiger partial charge on any atom is -0.480 e. The van der Waals surface area contributed by atoms with Crippen LogP contribution in [-0.4, -0.2) is 66.0 Å². The molecule has 1 aromatic carbocycles. The molecule has 194 valence electrons. The minimum atomic E-state index is -1.15. The highest BCUT2D eigenvalue weighted by Gasteiger charge is 2.29. The third kappa shape index (κ3) is 11.3. The van der Waals surface area contributed by atoms with Crippen molar-refractivity contribution in [2.45, 2.75) is 57.7 Å². The van der Waals surface area contributed by atoms with Crippen molar-refractivity contribution in [2.24, 2.45) is 28.1 Å². The molecular formula is C23H37N7O5. The number of aliphatic imine (C=N–C) groups is 1. The SMILES string of the molecule is CCC(C)C(NC(=O)C(Cc1ccccc1)NC(=O)CNC(=O)C(N)CCCN=C(N)N)C(=O)O. The van der Waals surface area contributed by atoms with E-state index in [1.165, 1.54) is 0 Å². The van der Waals surface area contributed by atoms with Crippen LogP contribution in [0.2, 0.25) is 0 Å². The number of guanidine groups is 1. The third-order valence-electron chi connectivity index (χ3n) is 5.44. The predicted molar refractivity (Wildman–Crippen MR) is 132 cm³/mol. The molecule has 35 heavy (non-hydrogen) atoms. The van der Waals surface area contributed by atoms with Crippen molar-refractivity contribution in [3.05, 3.63) is 35.9 Å². The summed E-state index contributed by atoms with van der Waals surface area (Å²) < 4.78 is 0. The number of aliphatic carboxylic acids is 1. The Hall–Kier alpha value is -3.67. The highest BCUT2D eigenvalue weighted by atomic mass is 16.4. The first-order chi connectivity index (χ1) is 16.5. The monoisotopic (exact) mass is 491 g/mol. The number of rotatable bonds is 15. The first-order valence-corrected chi connectivity index (χ1v) is 11.5. The molecule has 0 saturated carbocycles. The first kappa shape index (κ1) is 29.4. The molecule has 0 radical (unpaired) electrons. The quantitative estimate of drug-likeness (QED) is 0.0898. The molecule has 0 fully saturated rings. The van der Waals surface area contributed by atoms with E-state index < -0.39 is 48.4 Å². The number of carbonyl (C=O) groups is 4. The van der Waals surface area contributed by atoms with Crippen LogP contribution in [0.5, 0.6) is 0 Å². The van der Waals surface area contributed by atoms with Gasteiger partial charge in [0.25, 0.3) is 0 Å². The largest absolute Gasteiger partial charge is 0.480 e. The van der Waals surface area contributed by atoms with E-state index in [1.54, 1.807) is 31.2 Å². The van der Waals surface area contributed by atoms with Gasteiger partial charge in [-0.1, -0.05) is 50.6 Å². The zero-order valence-electron chi connectivity index (χ0n) is 20.2. The molecule has 4 atom stereocenters. The van der Waals surface area contributed by atoms with Crippen molar-refractivity contribution in [3.63, 3.8) is 0 Å². The number of hydrogen-bond acceptors (Lipinski definition) is 6. The third-order valence-corrected chi connectivity index (χ3v) is 5.44. The Kier molecular flexibility index (Phi) is 12.8. The second-order valence-electron chi connectivity index (χ2n) is 8.29. The van der Waals surface area contributed by atoms with Gasteiger partial charge in [0.2, 0.25) is 17.7 Å². The van der Waals surface area contributed by atoms with Gasteiger partial charge >= 0.3 is 5.97 Å². The van der Waals surface area contributed by atoms with Gasteiger partial charge in [0.05, 0.1) is 12.6 Å². The molecule has 0 aliphatic heterocycles. The summed E-state index contributed by atoms with van der Waals surface area (Å²) in [7, 11) is 0. The molecule has 0 aliphatic carbocycles. The maximum Gasteiger partial charge on any atom is 0.326 e. The van der Waals surface area contributed by atoms with Crippen LogP contribution in [0.4, 0.5) is 0 Å². The maximum absolute atomic E-state index is 12.9. The van der Waals surface area contributed by atoms with Crippen molar-refractivity contribution in [3.8, 4) is 0 Å². The number of nitrogens with two attached hydrogens (primary N) is 3. The standard InChI is InChI=1S/C23H37N7O5/c1-3-14(2)19(22(34)35)30-21(33)17(12-15-8-5-4-6-9-15)29-18(31)13-28-20(32)16(24)10-7-11-27-23(25)26/h4-6,8-9,14,16-17,19H,3,7,10-13,24H2,1-2H3,(H,28,32)(H,29,31)(H,30,33)(H,34,35)(H4,25,26,27). The van der Waals surface area contributed by atoms with Gasteiger partial charge in [-0.15, -0.1) is 0 Å². The Morgan fingerprint density at radius 1 is 1.06 bits per heavy atom. The van der Waals surface area contributed by atoms with Crippen molar-refractivity contribution in [1.82, 2.24) is 16.0 Å². The Morgan fingerprint density at radius 3 is 2.29 bits per heavy atom. The molecule has 12 nitrogen and oxygen atoms in total. The first-order valence-electron chi connectivity index (χ1n) is 11.5. The molecule has 10 N–H and O–H groups in total. The molecular weight excluding hydrogens is 454 g/mol. The zero-order chi connectivity index (χ0) is 26.4. The van der Waals surface area contributed by atoms with E-state index in [1.807, 2.05) is 13.0 Å². The van der Waals surface area contributed by atoms with Crippen LogP contribution in [0.1, 0.15) is 38.7 Å². The average Bonchev–Trinajstić information content (AvgIpc) is 2.82. The summed E-state index contributed by atoms with van der Waals surface area (Å²) in [6, 6.07) is 5.99. The predicted octanol–water partition coefficient (Wildman–Crippen LogP) is -1.17. The van der Waals surface area contributed by atoms with Crippen LogP contribution < -0.4 is 33.2 Å². The number of carbonyl (C=O) groups excluding carboxylic acids is 3. The van der Waals surface area contributed by atoms with Gasteiger partial charge in [-0.25, -0.2) is 4.79 Å². The summed E-state index contributed by atoms with van der Waals surface area (Å²) in [5, 5.41) is 17.0. The van der Waals surface area contributed by atoms with Gasteiger partial charge in [0, 0.05) is 13.0 Å². The molecule has 0 saturated heterocycles. The van der Waals surface area contributed by atoms with Gasteiger partial charge in [-0.2, -0.15) is 0 Å². The van der Waals surface area contributed by atoms with E-state index in [0.29, 0.717) is 25.8 Å². The second kappa shape index (κ2) is 15.3. The number of benzene rings is 1. The van der Waals surface area contributed by atoms with Crippen molar-refractivity contribution in [1.29, 1.82) is 0 Å². The smallest absolute Gasteiger partial charge is 0.326 e. The van der Waals surface area contributed by atoms with Crippen molar-refractivity contribution in [2.75, 3.05) is 13.1 Å². The molecule has 0 aliphatic rings. The van der Waals surface area contributed by atoms with Crippen molar-refractivity contribution >= 4 is 29.7 Å². The van der Waals surface area contributed by atoms with E-state index >= 15 is 0 Å². The summed E-state index contributed by atoms with van der Waals surface area (Å²) in [4.78, 5) is 53.0. The lowest BCUT2D eigenvalue weighted by molar-refractivity contribution is -0.143. The second-order valence-corrected chi connectivity index (χ2v) is 8.29. The Balaban J connectivity index is 2.75. The summed E-state index contributed by atoms with van der Waals surface area (Å²) in [6.45, 7) is 3.48. The Labute approximate surface area is 205 Å². The maximum atomic E-state index is 12.9. The molecule has 0 aromatic heterocycles. The fourth-order valence-electron chi connectivity index (χ4n) is 3.19. The van der Waals surface area contributed by atoms with E-state index in [0.717, 1.165) is 5.56 Å². The Bertz CT molecular complexity index is 874. The Morgan fingerprint density at radius 2 is 1.71 bits per heavy atom. The topological polar surface area (TPSA) is 215 Å². The molecule has 0 bridgehead atoms. The van der Waals surface area contributed by atoms with Gasteiger partial charge in [-0.05, 0) is 24.3 Å². The van der Waals surface area contributed by atoms with Crippen LogP contribution in [0.25, 0.3) is 0 Å². The van der Waals surface area contributed by atoms with Crippen LogP contribution in [0.3, 0.4) is 0 Å². The fraction of sp³-hybridized carbons (Fsp3) is 0.522. The lowest BCUT2D eigenvalue weighted by Gasteiger charge is -2.24. The highest BCUT2D eigenvalue weighted by molar-refractivity contribution is 5.92. The van der Waals surface area contributed by atoms with E-state index in [4.69, 9.17) is 17.2 Å². The summed E-state index contributed by atoms with van der Waals surface area (Å²) in [6.07, 6.45) is 1.49. The van der Waals surface area contributed by atoms with E-state index in [9.17, 15) is 24.3 Å². The molecule has 0 heterocycles. The molecule has 12 heteroatoms. The molecule has 3 amide bonds. The van der Waals surface area contributed by atoms with Crippen LogP contribution >= 0.6 is 0 Å². The van der Waals surface area contributed by atoms with Crippen LogP contribution in [0, 0.1) is 5.92 Å². The summed E-state index contributed by atoms with van der Waals surface area (Å²) in [5.41, 5.74) is 17.1. The lowest BCUT2D eigenvalue weighted by atomic mass is 9.98. The highest BCUT2D eigenvalue weighted by Crippen LogP contribution is 2.10. The number of amides is 3. The van der Waals surface area contributed by atoms with Gasteiger partial charge in [0.1, 0.15) is 12.1 Å². The van der Waals surface area contributed by atoms with E-state index in [-0.39, 0.29) is 18.3 Å². The van der Waals surface area contributed by atoms with Gasteiger partial charge in [-0.3, -0.25) is 19.4 Å². The lowest BCUT2D eigenvalue weighted by Crippen LogP contribution is -2.55. The normalized spacial score (nSPS) is 14.0. The zero-order valence-corrected chi connectivity index (χ0v) is 20.2. The number of hydrogen-bond donors (Lipinski definition) is 7. The number of carboxylic acid groups (broad SMARTS) is 1. The number of carboxylic acids is 1. The van der Waals surface area contributed by atoms with Gasteiger partial charge in [0.15, 0.2) is 5.96 Å². The average molecular weight is 492 g/mol. The molecule has 1 aromatic rings. The van der Waals surface area contributed by atoms with Crippen LogP contribution in [-0.2, 0) is 25.6 Å². The molecule has 4 unspecified atom stereocenters. The summed E-state index contributed by atoms with van der Waals surface area (Å²) >= 11 is 0. The minimum absolute atomic E-state index is 0.0485.